The Kier molecular flexibility index (Phi) is 3.33. The van der Waals surface area contributed by atoms with E-state index < -0.39 is 17.5 Å². The predicted octanol–water partition coefficient (Wildman–Crippen LogP) is 3.30. The molecule has 0 aliphatic heterocycles. The molecule has 1 aliphatic rings. The van der Waals surface area contributed by atoms with Gasteiger partial charge in [0.1, 0.15) is 5.39 Å². The molecule has 0 saturated heterocycles. The van der Waals surface area contributed by atoms with Crippen LogP contribution in [0.2, 0.25) is 0 Å². The monoisotopic (exact) mass is 334 g/mol. The van der Waals surface area contributed by atoms with Crippen LogP contribution in [-0.2, 0) is 6.54 Å². The van der Waals surface area contributed by atoms with Crippen molar-refractivity contribution in [2.45, 2.75) is 19.4 Å². The maximum atomic E-state index is 13.4. The topological polar surface area (TPSA) is 62.7 Å². The van der Waals surface area contributed by atoms with Crippen molar-refractivity contribution in [2.75, 3.05) is 5.32 Å². The number of nitrogens with zero attached hydrogens (tertiary/aromatic N) is 2. The zero-order valence-corrected chi connectivity index (χ0v) is 12.4. The molecule has 1 aromatic carbocycles. The first-order valence-electron chi connectivity index (χ1n) is 7.52. The van der Waals surface area contributed by atoms with E-state index in [4.69, 9.17) is 0 Å². The lowest BCUT2D eigenvalue weighted by Crippen LogP contribution is -2.06. The molecule has 8 heteroatoms. The number of pyridine rings is 1. The Morgan fingerprint density at radius 3 is 2.62 bits per heavy atom. The number of halogens is 3. The number of benzene rings is 1. The summed E-state index contributed by atoms with van der Waals surface area (Å²) in [5.41, 5.74) is 0.254. The molecule has 2 aromatic heterocycles. The quantitative estimate of drug-likeness (QED) is 0.720. The third kappa shape index (κ3) is 2.53. The van der Waals surface area contributed by atoms with E-state index >= 15 is 0 Å². The second-order valence-corrected chi connectivity index (χ2v) is 5.92. The lowest BCUT2D eigenvalue weighted by molar-refractivity contribution is 0.448. The highest BCUT2D eigenvalue weighted by Crippen LogP contribution is 2.32. The number of nitrogens with one attached hydrogen (secondary N) is 2. The van der Waals surface area contributed by atoms with Gasteiger partial charge in [-0.05, 0) is 24.8 Å². The summed E-state index contributed by atoms with van der Waals surface area (Å²) in [5, 5.41) is 7.36. The number of anilines is 2. The van der Waals surface area contributed by atoms with Crippen LogP contribution in [0.4, 0.5) is 24.7 Å². The van der Waals surface area contributed by atoms with Gasteiger partial charge >= 0.3 is 0 Å². The van der Waals surface area contributed by atoms with Crippen molar-refractivity contribution in [3.8, 4) is 0 Å². The lowest BCUT2D eigenvalue weighted by atomic mass is 10.2. The van der Waals surface area contributed by atoms with Gasteiger partial charge in [-0.15, -0.1) is 0 Å². The maximum absolute atomic E-state index is 13.4. The molecule has 0 radical (unpaired) electrons. The van der Waals surface area contributed by atoms with E-state index in [1.165, 1.54) is 6.20 Å². The van der Waals surface area contributed by atoms with Gasteiger partial charge in [-0.1, -0.05) is 0 Å². The van der Waals surface area contributed by atoms with Gasteiger partial charge in [0, 0.05) is 30.6 Å². The number of aromatic amines is 1. The summed E-state index contributed by atoms with van der Waals surface area (Å²) in [4.78, 5) is 14.7. The van der Waals surface area contributed by atoms with Crippen LogP contribution in [0.25, 0.3) is 10.9 Å². The molecule has 1 fully saturated rings. The number of fused-ring (bicyclic) bond motifs is 1. The highest BCUT2D eigenvalue weighted by molar-refractivity contribution is 5.91. The predicted molar refractivity (Wildman–Crippen MR) is 82.7 cm³/mol. The summed E-state index contributed by atoms with van der Waals surface area (Å²) in [7, 11) is 0. The summed E-state index contributed by atoms with van der Waals surface area (Å²) in [6, 6.07) is 3.37. The first kappa shape index (κ1) is 14.8. The van der Waals surface area contributed by atoms with Crippen molar-refractivity contribution in [1.82, 2.24) is 14.8 Å². The summed E-state index contributed by atoms with van der Waals surface area (Å²) in [6.45, 7) is 0.674. The van der Waals surface area contributed by atoms with Gasteiger partial charge < -0.3 is 10.3 Å². The summed E-state index contributed by atoms with van der Waals surface area (Å²) >= 11 is 0. The Bertz CT molecular complexity index is 968. The van der Waals surface area contributed by atoms with E-state index in [1.54, 1.807) is 10.7 Å². The minimum atomic E-state index is -1.54. The molecule has 4 rings (SSSR count). The van der Waals surface area contributed by atoms with E-state index in [9.17, 15) is 18.0 Å². The number of H-pyrrole nitrogens is 1. The minimum Gasteiger partial charge on any atom is -0.338 e. The standard InChI is InChI=1S/C16H13F3N4O/c17-10-5-9(6-11(18)14(10)19)21-15-13-12(3-4-20-16(13)24)23(22-15)7-8-1-2-8/h3-6,8H,1-2,7H2,(H,20,24)(H,21,22). The van der Waals surface area contributed by atoms with Crippen LogP contribution in [0.5, 0.6) is 0 Å². The molecule has 0 amide bonds. The van der Waals surface area contributed by atoms with Crippen LogP contribution in [0.15, 0.2) is 29.2 Å². The van der Waals surface area contributed by atoms with Gasteiger partial charge in [-0.3, -0.25) is 9.48 Å². The number of hydrogen-bond acceptors (Lipinski definition) is 3. The largest absolute Gasteiger partial charge is 0.338 e. The zero-order valence-electron chi connectivity index (χ0n) is 12.4. The third-order valence-electron chi connectivity index (χ3n) is 4.05. The van der Waals surface area contributed by atoms with Crippen molar-refractivity contribution >= 4 is 22.4 Å². The van der Waals surface area contributed by atoms with Crippen LogP contribution >= 0.6 is 0 Å². The Balaban J connectivity index is 1.80. The molecule has 124 valence electrons. The van der Waals surface area contributed by atoms with Crippen LogP contribution in [0.3, 0.4) is 0 Å². The molecule has 2 N–H and O–H groups in total. The molecule has 24 heavy (non-hydrogen) atoms. The van der Waals surface area contributed by atoms with Gasteiger partial charge in [0.05, 0.1) is 5.52 Å². The van der Waals surface area contributed by atoms with Gasteiger partial charge in [0.2, 0.25) is 0 Å². The number of hydrogen-bond donors (Lipinski definition) is 2. The van der Waals surface area contributed by atoms with Crippen molar-refractivity contribution in [1.29, 1.82) is 0 Å². The normalized spacial score (nSPS) is 14.3. The molecule has 0 unspecified atom stereocenters. The molecule has 0 spiro atoms. The molecule has 1 saturated carbocycles. The summed E-state index contributed by atoms with van der Waals surface area (Å²) < 4.78 is 41.5. The second-order valence-electron chi connectivity index (χ2n) is 5.92. The van der Waals surface area contributed by atoms with E-state index in [2.05, 4.69) is 15.4 Å². The van der Waals surface area contributed by atoms with Crippen molar-refractivity contribution in [3.05, 3.63) is 52.2 Å². The SMILES string of the molecule is O=c1[nH]ccc2c1c(Nc1cc(F)c(F)c(F)c1)nn2CC1CC1. The number of aromatic nitrogens is 3. The van der Waals surface area contributed by atoms with E-state index in [0.29, 0.717) is 23.4 Å². The van der Waals surface area contributed by atoms with Crippen molar-refractivity contribution in [2.24, 2.45) is 5.92 Å². The summed E-state index contributed by atoms with van der Waals surface area (Å²) in [6.07, 6.45) is 3.75. The molecule has 3 aromatic rings. The zero-order chi connectivity index (χ0) is 16.8. The number of rotatable bonds is 4. The third-order valence-corrected chi connectivity index (χ3v) is 4.05. The molecule has 0 bridgehead atoms. The van der Waals surface area contributed by atoms with Gasteiger partial charge in [-0.25, -0.2) is 13.2 Å². The fourth-order valence-corrected chi connectivity index (χ4v) is 2.67. The molecule has 2 heterocycles. The van der Waals surface area contributed by atoms with Crippen LogP contribution in [0.1, 0.15) is 12.8 Å². The van der Waals surface area contributed by atoms with Crippen LogP contribution < -0.4 is 10.9 Å². The molecular formula is C16H13F3N4O. The second kappa shape index (κ2) is 5.40. The van der Waals surface area contributed by atoms with Gasteiger partial charge in [-0.2, -0.15) is 5.10 Å². The smallest absolute Gasteiger partial charge is 0.261 e. The van der Waals surface area contributed by atoms with Gasteiger partial charge in [0.25, 0.3) is 5.56 Å². The lowest BCUT2D eigenvalue weighted by Gasteiger charge is -2.05. The highest BCUT2D eigenvalue weighted by Gasteiger charge is 2.24. The van der Waals surface area contributed by atoms with Crippen molar-refractivity contribution in [3.63, 3.8) is 0 Å². The minimum absolute atomic E-state index is 0.0207. The first-order chi connectivity index (χ1) is 11.5. The van der Waals surface area contributed by atoms with Gasteiger partial charge in [0.15, 0.2) is 23.3 Å². The highest BCUT2D eigenvalue weighted by atomic mass is 19.2. The molecule has 1 aliphatic carbocycles. The Hall–Kier alpha value is -2.77. The fourth-order valence-electron chi connectivity index (χ4n) is 2.67. The van der Waals surface area contributed by atoms with Crippen LogP contribution in [-0.4, -0.2) is 14.8 Å². The molecule has 0 atom stereocenters. The Morgan fingerprint density at radius 1 is 1.25 bits per heavy atom. The van der Waals surface area contributed by atoms with Crippen molar-refractivity contribution < 1.29 is 13.2 Å². The fraction of sp³-hybridized carbons (Fsp3) is 0.250. The van der Waals surface area contributed by atoms with E-state index in [-0.39, 0.29) is 17.1 Å². The molecule has 5 nitrogen and oxygen atoms in total. The Morgan fingerprint density at radius 2 is 1.96 bits per heavy atom. The van der Waals surface area contributed by atoms with E-state index in [1.807, 2.05) is 0 Å². The van der Waals surface area contributed by atoms with Crippen LogP contribution in [0, 0.1) is 23.4 Å². The average molecular weight is 334 g/mol. The summed E-state index contributed by atoms with van der Waals surface area (Å²) in [5.74, 6) is -3.46. The Labute approximate surface area is 134 Å². The molecular weight excluding hydrogens is 321 g/mol. The van der Waals surface area contributed by atoms with E-state index in [0.717, 1.165) is 25.0 Å². The average Bonchev–Trinajstić information content (AvgIpc) is 3.28. The maximum Gasteiger partial charge on any atom is 0.261 e. The first-order valence-corrected chi connectivity index (χ1v) is 7.52.